The van der Waals surface area contributed by atoms with E-state index < -0.39 is 0 Å². The molecule has 7 nitrogen and oxygen atoms in total. The first-order valence-electron chi connectivity index (χ1n) is 10.5. The zero-order valence-electron chi connectivity index (χ0n) is 18.1. The summed E-state index contributed by atoms with van der Waals surface area (Å²) in [4.78, 5) is 15.0. The Labute approximate surface area is 182 Å². The second-order valence-electron chi connectivity index (χ2n) is 7.72. The van der Waals surface area contributed by atoms with Crippen LogP contribution < -0.4 is 9.47 Å². The molecule has 0 saturated carbocycles. The van der Waals surface area contributed by atoms with Crippen LogP contribution in [0.3, 0.4) is 0 Å². The monoisotopic (exact) mass is 421 g/mol. The maximum atomic E-state index is 13.0. The number of benzene rings is 2. The van der Waals surface area contributed by atoms with Crippen molar-refractivity contribution in [2.75, 3.05) is 20.8 Å². The molecule has 0 N–H and O–H groups in total. The molecule has 1 aromatic heterocycles. The van der Waals surface area contributed by atoms with Gasteiger partial charge in [-0.2, -0.15) is 0 Å². The van der Waals surface area contributed by atoms with E-state index in [-0.39, 0.29) is 11.9 Å². The summed E-state index contributed by atoms with van der Waals surface area (Å²) in [6, 6.07) is 13.6. The van der Waals surface area contributed by atoms with Crippen LogP contribution in [0.4, 0.5) is 0 Å². The van der Waals surface area contributed by atoms with Gasteiger partial charge in [0.15, 0.2) is 0 Å². The zero-order valence-corrected chi connectivity index (χ0v) is 18.1. The molecule has 1 saturated heterocycles. The summed E-state index contributed by atoms with van der Waals surface area (Å²) in [6.07, 6.45) is 2.58. The third-order valence-electron chi connectivity index (χ3n) is 5.69. The normalized spacial score (nSPS) is 15.8. The zero-order chi connectivity index (χ0) is 21.8. The number of amides is 1. The molecule has 1 unspecified atom stereocenters. The van der Waals surface area contributed by atoms with Crippen LogP contribution in [0.1, 0.15) is 42.3 Å². The van der Waals surface area contributed by atoms with Crippen molar-refractivity contribution >= 4 is 5.91 Å². The molecule has 2 heterocycles. The molecule has 0 radical (unpaired) electrons. The second-order valence-corrected chi connectivity index (χ2v) is 7.72. The van der Waals surface area contributed by atoms with Gasteiger partial charge in [0, 0.05) is 30.5 Å². The summed E-state index contributed by atoms with van der Waals surface area (Å²) in [5.74, 6) is 2.54. The maximum absolute atomic E-state index is 13.0. The van der Waals surface area contributed by atoms with Gasteiger partial charge in [0.2, 0.25) is 17.7 Å². The number of methoxy groups -OCH3 is 2. The first kappa shape index (κ1) is 20.9. The fourth-order valence-electron chi connectivity index (χ4n) is 4.01. The summed E-state index contributed by atoms with van der Waals surface area (Å²) in [5.41, 5.74) is 3.02. The highest BCUT2D eigenvalue weighted by Gasteiger charge is 2.32. The van der Waals surface area contributed by atoms with Gasteiger partial charge in [-0.05, 0) is 50.1 Å². The van der Waals surface area contributed by atoms with Crippen molar-refractivity contribution in [1.82, 2.24) is 15.1 Å². The third-order valence-corrected chi connectivity index (χ3v) is 5.69. The topological polar surface area (TPSA) is 77.7 Å². The molecule has 1 atom stereocenters. The lowest BCUT2D eigenvalue weighted by molar-refractivity contribution is -0.132. The number of aryl methyl sites for hydroxylation is 2. The number of rotatable bonds is 7. The standard InChI is InChI=1S/C24H27N3O4/c1-16-6-8-17(9-7-16)24-26-25-22(31-24)12-13-23(28)27-14-4-5-20(27)19-15-18(29-2)10-11-21(19)30-3/h6-11,15,20H,4-5,12-14H2,1-3H3. The average molecular weight is 421 g/mol. The molecule has 31 heavy (non-hydrogen) atoms. The van der Waals surface area contributed by atoms with Crippen LogP contribution in [-0.2, 0) is 11.2 Å². The van der Waals surface area contributed by atoms with E-state index in [2.05, 4.69) is 10.2 Å². The summed E-state index contributed by atoms with van der Waals surface area (Å²) < 4.78 is 16.7. The van der Waals surface area contributed by atoms with Gasteiger partial charge < -0.3 is 18.8 Å². The molecule has 1 aliphatic rings. The van der Waals surface area contributed by atoms with E-state index in [4.69, 9.17) is 13.9 Å². The maximum Gasteiger partial charge on any atom is 0.247 e. The van der Waals surface area contributed by atoms with Crippen molar-refractivity contribution in [3.63, 3.8) is 0 Å². The quantitative estimate of drug-likeness (QED) is 0.564. The van der Waals surface area contributed by atoms with Crippen molar-refractivity contribution in [3.8, 4) is 23.0 Å². The molecule has 0 aliphatic carbocycles. The Hall–Kier alpha value is -3.35. The molecule has 1 aliphatic heterocycles. The number of nitrogens with zero attached hydrogens (tertiary/aromatic N) is 3. The fraction of sp³-hybridized carbons (Fsp3) is 0.375. The first-order chi connectivity index (χ1) is 15.1. The summed E-state index contributed by atoms with van der Waals surface area (Å²) in [6.45, 7) is 2.75. The highest BCUT2D eigenvalue weighted by atomic mass is 16.5. The van der Waals surface area contributed by atoms with E-state index in [0.29, 0.717) is 24.6 Å². The summed E-state index contributed by atoms with van der Waals surface area (Å²) in [5, 5.41) is 8.24. The summed E-state index contributed by atoms with van der Waals surface area (Å²) >= 11 is 0. The molecular formula is C24H27N3O4. The molecule has 162 valence electrons. The Morgan fingerprint density at radius 2 is 1.94 bits per heavy atom. The van der Waals surface area contributed by atoms with Crippen LogP contribution in [0.5, 0.6) is 11.5 Å². The highest BCUT2D eigenvalue weighted by molar-refractivity contribution is 5.77. The SMILES string of the molecule is COc1ccc(OC)c(C2CCCN2C(=O)CCc2nnc(-c3ccc(C)cc3)o2)c1. The molecule has 1 fully saturated rings. The Balaban J connectivity index is 1.43. The minimum Gasteiger partial charge on any atom is -0.497 e. The van der Waals surface area contributed by atoms with Gasteiger partial charge >= 0.3 is 0 Å². The second kappa shape index (κ2) is 9.20. The van der Waals surface area contributed by atoms with Crippen LogP contribution in [0.25, 0.3) is 11.5 Å². The van der Waals surface area contributed by atoms with Crippen molar-refractivity contribution in [2.45, 2.75) is 38.6 Å². The lowest BCUT2D eigenvalue weighted by atomic mass is 10.0. The molecular weight excluding hydrogens is 394 g/mol. The minimum absolute atomic E-state index is 0.0247. The Morgan fingerprint density at radius 3 is 2.68 bits per heavy atom. The molecule has 3 aromatic rings. The van der Waals surface area contributed by atoms with Gasteiger partial charge in [-0.25, -0.2) is 0 Å². The fourth-order valence-corrected chi connectivity index (χ4v) is 4.01. The lowest BCUT2D eigenvalue weighted by Crippen LogP contribution is -2.31. The van der Waals surface area contributed by atoms with Crippen LogP contribution in [0, 0.1) is 6.92 Å². The van der Waals surface area contributed by atoms with Crippen molar-refractivity contribution in [2.24, 2.45) is 0 Å². The van der Waals surface area contributed by atoms with E-state index >= 15 is 0 Å². The molecule has 1 amide bonds. The van der Waals surface area contributed by atoms with Gasteiger partial charge in [0.05, 0.1) is 20.3 Å². The van der Waals surface area contributed by atoms with Crippen LogP contribution >= 0.6 is 0 Å². The number of carbonyl (C=O) groups excluding carboxylic acids is 1. The van der Waals surface area contributed by atoms with Crippen molar-refractivity contribution in [3.05, 3.63) is 59.5 Å². The Kier molecular flexibility index (Phi) is 6.21. The van der Waals surface area contributed by atoms with E-state index in [9.17, 15) is 4.79 Å². The van der Waals surface area contributed by atoms with Gasteiger partial charge in [-0.1, -0.05) is 17.7 Å². The van der Waals surface area contributed by atoms with Crippen LogP contribution in [0.2, 0.25) is 0 Å². The highest BCUT2D eigenvalue weighted by Crippen LogP contribution is 2.39. The number of hydrogen-bond donors (Lipinski definition) is 0. The van der Waals surface area contributed by atoms with E-state index in [1.54, 1.807) is 14.2 Å². The number of likely N-dealkylation sites (tertiary alicyclic amines) is 1. The predicted octanol–water partition coefficient (Wildman–Crippen LogP) is 4.36. The molecule has 7 heteroatoms. The number of ether oxygens (including phenoxy) is 2. The lowest BCUT2D eigenvalue weighted by Gasteiger charge is -2.26. The third kappa shape index (κ3) is 4.55. The Morgan fingerprint density at radius 1 is 1.13 bits per heavy atom. The first-order valence-corrected chi connectivity index (χ1v) is 10.5. The van der Waals surface area contributed by atoms with Crippen molar-refractivity contribution < 1.29 is 18.7 Å². The Bertz CT molecular complexity index is 1050. The summed E-state index contributed by atoms with van der Waals surface area (Å²) in [7, 11) is 3.28. The molecule has 4 rings (SSSR count). The predicted molar refractivity (Wildman–Crippen MR) is 116 cm³/mol. The van der Waals surface area contributed by atoms with Gasteiger partial charge in [-0.15, -0.1) is 10.2 Å². The van der Waals surface area contributed by atoms with Crippen LogP contribution in [0.15, 0.2) is 46.9 Å². The molecule has 0 bridgehead atoms. The van der Waals surface area contributed by atoms with E-state index in [1.165, 1.54) is 5.56 Å². The minimum atomic E-state index is -0.0247. The molecule has 2 aromatic carbocycles. The van der Waals surface area contributed by atoms with Gasteiger partial charge in [0.1, 0.15) is 11.5 Å². The number of aromatic nitrogens is 2. The van der Waals surface area contributed by atoms with E-state index in [0.717, 1.165) is 42.0 Å². The van der Waals surface area contributed by atoms with E-state index in [1.807, 2.05) is 54.3 Å². The molecule has 0 spiro atoms. The number of carbonyl (C=O) groups is 1. The average Bonchev–Trinajstić information content (AvgIpc) is 3.47. The number of hydrogen-bond acceptors (Lipinski definition) is 6. The van der Waals surface area contributed by atoms with Gasteiger partial charge in [-0.3, -0.25) is 4.79 Å². The van der Waals surface area contributed by atoms with Gasteiger partial charge in [0.25, 0.3) is 0 Å². The van der Waals surface area contributed by atoms with Crippen molar-refractivity contribution in [1.29, 1.82) is 0 Å². The largest absolute Gasteiger partial charge is 0.497 e. The van der Waals surface area contributed by atoms with Crippen LogP contribution in [-0.4, -0.2) is 41.8 Å². The smallest absolute Gasteiger partial charge is 0.247 e.